The molecule has 0 aliphatic rings. The number of fused-ring (bicyclic) bond motifs is 2. The van der Waals surface area contributed by atoms with Crippen molar-refractivity contribution in [2.24, 2.45) is 14.1 Å². The van der Waals surface area contributed by atoms with Crippen LogP contribution in [0.2, 0.25) is 5.15 Å². The number of halogens is 1. The first-order valence-corrected chi connectivity index (χ1v) is 15.7. The number of nitrogens with one attached hydrogen (secondary N) is 1. The average Bonchev–Trinajstić information content (AvgIpc) is 3.46. The van der Waals surface area contributed by atoms with Gasteiger partial charge in [-0.25, -0.2) is 9.97 Å². The molecule has 0 saturated heterocycles. The summed E-state index contributed by atoms with van der Waals surface area (Å²) in [6.07, 6.45) is 5.53. The van der Waals surface area contributed by atoms with Gasteiger partial charge in [-0.2, -0.15) is 15.3 Å². The van der Waals surface area contributed by atoms with Crippen LogP contribution < -0.4 is 5.32 Å². The van der Waals surface area contributed by atoms with Gasteiger partial charge in [-0.05, 0) is 81.6 Å². The highest BCUT2D eigenvalue weighted by molar-refractivity contribution is 6.29. The molecule has 12 heteroatoms. The fourth-order valence-electron chi connectivity index (χ4n) is 5.60. The van der Waals surface area contributed by atoms with E-state index in [2.05, 4.69) is 67.5 Å². The van der Waals surface area contributed by atoms with Crippen LogP contribution in [0.4, 0.5) is 11.6 Å². The third-order valence-electron chi connectivity index (χ3n) is 8.23. The van der Waals surface area contributed by atoms with Gasteiger partial charge >= 0.3 is 0 Å². The molecule has 0 atom stereocenters. The van der Waals surface area contributed by atoms with E-state index in [4.69, 9.17) is 16.6 Å². The van der Waals surface area contributed by atoms with E-state index in [1.165, 1.54) is 0 Å². The maximum atomic E-state index is 5.93. The van der Waals surface area contributed by atoms with Crippen molar-refractivity contribution in [3.05, 3.63) is 94.5 Å². The summed E-state index contributed by atoms with van der Waals surface area (Å²) in [6.45, 7) is 12.4. The number of hydrogen-bond donors (Lipinski definition) is 1. The highest BCUT2D eigenvalue weighted by Gasteiger charge is 2.14. The van der Waals surface area contributed by atoms with Crippen molar-refractivity contribution >= 4 is 45.3 Å². The van der Waals surface area contributed by atoms with E-state index < -0.39 is 0 Å². The summed E-state index contributed by atoms with van der Waals surface area (Å²) in [5.74, 6) is 1.78. The molecule has 0 bridgehead atoms. The second-order valence-electron chi connectivity index (χ2n) is 11.8. The van der Waals surface area contributed by atoms with Crippen LogP contribution in [0, 0.1) is 27.7 Å². The molecule has 1 N–H and O–H groups in total. The Labute approximate surface area is 278 Å². The van der Waals surface area contributed by atoms with Crippen molar-refractivity contribution in [2.45, 2.75) is 47.5 Å². The van der Waals surface area contributed by atoms with Crippen molar-refractivity contribution in [1.82, 2.24) is 49.7 Å². The molecule has 238 valence electrons. The van der Waals surface area contributed by atoms with E-state index in [1.54, 1.807) is 12.3 Å². The van der Waals surface area contributed by atoms with Crippen LogP contribution in [0.3, 0.4) is 0 Å². The Bertz CT molecular complexity index is 2250. The van der Waals surface area contributed by atoms with Gasteiger partial charge in [0.1, 0.15) is 11.0 Å². The molecule has 0 radical (unpaired) electrons. The van der Waals surface area contributed by atoms with E-state index in [0.29, 0.717) is 22.7 Å². The van der Waals surface area contributed by atoms with Crippen LogP contribution in [-0.4, -0.2) is 49.7 Å². The molecule has 0 aliphatic carbocycles. The molecular formula is C35H36ClN11. The third-order valence-corrected chi connectivity index (χ3v) is 8.45. The molecular weight excluding hydrogens is 610 g/mol. The Balaban J connectivity index is 0.000000177. The van der Waals surface area contributed by atoms with Crippen molar-refractivity contribution in [3.63, 3.8) is 0 Å². The lowest BCUT2D eigenvalue weighted by molar-refractivity contribution is 0.731. The van der Waals surface area contributed by atoms with E-state index in [0.717, 1.165) is 72.7 Å². The van der Waals surface area contributed by atoms with Crippen LogP contribution in [0.5, 0.6) is 0 Å². The molecule has 0 unspecified atom stereocenters. The molecule has 0 spiro atoms. The van der Waals surface area contributed by atoms with Crippen molar-refractivity contribution in [3.8, 4) is 22.3 Å². The zero-order valence-electron chi connectivity index (χ0n) is 27.7. The predicted molar refractivity (Wildman–Crippen MR) is 187 cm³/mol. The van der Waals surface area contributed by atoms with Crippen LogP contribution in [-0.2, 0) is 14.1 Å². The lowest BCUT2D eigenvalue weighted by atomic mass is 10.1. The molecule has 7 rings (SSSR count). The lowest BCUT2D eigenvalue weighted by Gasteiger charge is -2.09. The van der Waals surface area contributed by atoms with Crippen molar-refractivity contribution < 1.29 is 0 Å². The number of aromatic nitrogens is 10. The average molecular weight is 646 g/mol. The number of pyridine rings is 4. The maximum Gasteiger partial charge on any atom is 0.154 e. The van der Waals surface area contributed by atoms with Crippen LogP contribution >= 0.6 is 11.6 Å². The second kappa shape index (κ2) is 12.8. The summed E-state index contributed by atoms with van der Waals surface area (Å²) in [6, 6.07) is 13.5. The monoisotopic (exact) mass is 645 g/mol. The molecule has 47 heavy (non-hydrogen) atoms. The third kappa shape index (κ3) is 6.52. The first-order chi connectivity index (χ1) is 22.5. The molecule has 7 heterocycles. The number of anilines is 2. The van der Waals surface area contributed by atoms with Gasteiger partial charge < -0.3 is 5.32 Å². The number of nitrogens with zero attached hydrogens (tertiary/aromatic N) is 10. The van der Waals surface area contributed by atoms with Gasteiger partial charge in [0.15, 0.2) is 5.82 Å². The van der Waals surface area contributed by atoms with Gasteiger partial charge in [-0.3, -0.25) is 19.3 Å². The van der Waals surface area contributed by atoms with Gasteiger partial charge in [0.05, 0.1) is 39.7 Å². The normalized spacial score (nSPS) is 11.3. The SMILES string of the molecule is Cc1nn(C)c(C)c1-c1cnc2ccc(Cl)nc2c1.Cc1nn(C)c(C)c1-c1cnc2ccc(Nc3cc(C(C)C)cnn3)nc2c1. The van der Waals surface area contributed by atoms with Crippen molar-refractivity contribution in [2.75, 3.05) is 5.32 Å². The molecule has 7 aromatic heterocycles. The van der Waals surface area contributed by atoms with Gasteiger partial charge in [0, 0.05) is 60.1 Å². The molecule has 0 amide bonds. The first kappa shape index (κ1) is 31.7. The Hall–Kier alpha value is -5.29. The lowest BCUT2D eigenvalue weighted by Crippen LogP contribution is -2.00. The topological polar surface area (TPSA) is 125 Å². The summed E-state index contributed by atoms with van der Waals surface area (Å²) in [5.41, 5.74) is 12.9. The summed E-state index contributed by atoms with van der Waals surface area (Å²) in [7, 11) is 3.89. The van der Waals surface area contributed by atoms with Gasteiger partial charge in [0.2, 0.25) is 0 Å². The molecule has 0 aliphatic heterocycles. The zero-order valence-corrected chi connectivity index (χ0v) is 28.5. The standard InChI is InChI=1S/C21H23N7.C14H13ClN4/c1-12(2)15-9-20(26-23-11-15)25-19-7-6-17-18(24-19)8-16(10-22-17)21-13(3)27-28(5)14(21)4;1-8-14(9(2)19(3)18-8)10-6-12-11(16-7-10)4-5-13(15)17-12/h6-12H,1-5H3,(H,24,25,26);4-7H,1-3H3. The summed E-state index contributed by atoms with van der Waals surface area (Å²) in [5, 5.41) is 20.9. The maximum absolute atomic E-state index is 5.93. The number of aryl methyl sites for hydroxylation is 4. The summed E-state index contributed by atoms with van der Waals surface area (Å²) in [4.78, 5) is 18.0. The second-order valence-corrected chi connectivity index (χ2v) is 12.2. The molecule has 0 fully saturated rings. The molecule has 0 saturated carbocycles. The van der Waals surface area contributed by atoms with Gasteiger partial charge in [-0.1, -0.05) is 25.4 Å². The summed E-state index contributed by atoms with van der Waals surface area (Å²) >= 11 is 5.93. The minimum absolute atomic E-state index is 0.387. The predicted octanol–water partition coefficient (Wildman–Crippen LogP) is 7.60. The number of rotatable bonds is 5. The van der Waals surface area contributed by atoms with Crippen LogP contribution in [0.15, 0.2) is 61.1 Å². The Morgan fingerprint density at radius 3 is 1.74 bits per heavy atom. The summed E-state index contributed by atoms with van der Waals surface area (Å²) < 4.78 is 3.76. The minimum Gasteiger partial charge on any atom is -0.323 e. The smallest absolute Gasteiger partial charge is 0.154 e. The highest BCUT2D eigenvalue weighted by atomic mass is 35.5. The van der Waals surface area contributed by atoms with Crippen LogP contribution in [0.25, 0.3) is 44.3 Å². The fraction of sp³-hybridized carbons (Fsp3) is 0.257. The first-order valence-electron chi connectivity index (χ1n) is 15.3. The number of hydrogen-bond acceptors (Lipinski definition) is 9. The fourth-order valence-corrected chi connectivity index (χ4v) is 5.76. The Kier molecular flexibility index (Phi) is 8.65. The highest BCUT2D eigenvalue weighted by Crippen LogP contribution is 2.30. The van der Waals surface area contributed by atoms with Gasteiger partial charge in [0.25, 0.3) is 0 Å². The van der Waals surface area contributed by atoms with E-state index in [9.17, 15) is 0 Å². The minimum atomic E-state index is 0.387. The Morgan fingerprint density at radius 2 is 1.21 bits per heavy atom. The molecule has 11 nitrogen and oxygen atoms in total. The quantitative estimate of drug-likeness (QED) is 0.188. The van der Waals surface area contributed by atoms with E-state index >= 15 is 0 Å². The molecule has 7 aromatic rings. The molecule has 0 aromatic carbocycles. The van der Waals surface area contributed by atoms with Crippen molar-refractivity contribution in [1.29, 1.82) is 0 Å². The zero-order chi connectivity index (χ0) is 33.4. The van der Waals surface area contributed by atoms with E-state index in [-0.39, 0.29) is 0 Å². The van der Waals surface area contributed by atoms with Gasteiger partial charge in [-0.15, -0.1) is 5.10 Å². The van der Waals surface area contributed by atoms with E-state index in [1.807, 2.05) is 87.0 Å². The van der Waals surface area contributed by atoms with Crippen LogP contribution in [0.1, 0.15) is 48.1 Å². The Morgan fingerprint density at radius 1 is 0.660 bits per heavy atom. The largest absolute Gasteiger partial charge is 0.323 e.